The fraction of sp³-hybridized carbons (Fsp3) is 0.417. The lowest BCUT2D eigenvalue weighted by Gasteiger charge is -2.17. The quantitative estimate of drug-likeness (QED) is 0.809. The number of carbonyl (C=O) groups is 1. The SMILES string of the molecule is Cc1ccccc1C(=O)N(C)CCCN. The first-order chi connectivity index (χ1) is 7.16. The minimum Gasteiger partial charge on any atom is -0.342 e. The molecule has 0 unspecified atom stereocenters. The fourth-order valence-corrected chi connectivity index (χ4v) is 1.45. The highest BCUT2D eigenvalue weighted by atomic mass is 16.2. The third-order valence-corrected chi connectivity index (χ3v) is 2.42. The first-order valence-corrected chi connectivity index (χ1v) is 5.18. The van der Waals surface area contributed by atoms with Crippen molar-refractivity contribution in [2.45, 2.75) is 13.3 Å². The summed E-state index contributed by atoms with van der Waals surface area (Å²) in [4.78, 5) is 13.7. The van der Waals surface area contributed by atoms with Gasteiger partial charge in [0.25, 0.3) is 5.91 Å². The highest BCUT2D eigenvalue weighted by molar-refractivity contribution is 5.95. The Morgan fingerprint density at radius 2 is 2.07 bits per heavy atom. The molecule has 0 heterocycles. The maximum atomic E-state index is 12.0. The smallest absolute Gasteiger partial charge is 0.253 e. The van der Waals surface area contributed by atoms with E-state index in [1.165, 1.54) is 0 Å². The van der Waals surface area contributed by atoms with E-state index in [4.69, 9.17) is 5.73 Å². The van der Waals surface area contributed by atoms with Crippen LogP contribution < -0.4 is 5.73 Å². The molecule has 1 rings (SSSR count). The number of aryl methyl sites for hydroxylation is 1. The molecule has 0 aliphatic heterocycles. The number of nitrogens with zero attached hydrogens (tertiary/aromatic N) is 1. The van der Waals surface area contributed by atoms with Crippen molar-refractivity contribution in [2.24, 2.45) is 5.73 Å². The van der Waals surface area contributed by atoms with Crippen LogP contribution in [0.2, 0.25) is 0 Å². The van der Waals surface area contributed by atoms with Crippen LogP contribution in [0.5, 0.6) is 0 Å². The van der Waals surface area contributed by atoms with Gasteiger partial charge in [-0.1, -0.05) is 18.2 Å². The molecule has 2 N–H and O–H groups in total. The number of carbonyl (C=O) groups excluding carboxylic acids is 1. The fourth-order valence-electron chi connectivity index (χ4n) is 1.45. The molecule has 0 aromatic heterocycles. The van der Waals surface area contributed by atoms with Crippen LogP contribution in [0.1, 0.15) is 22.3 Å². The van der Waals surface area contributed by atoms with Crippen LogP contribution in [0.3, 0.4) is 0 Å². The molecule has 0 spiro atoms. The van der Waals surface area contributed by atoms with Gasteiger partial charge in [-0.15, -0.1) is 0 Å². The molecule has 3 nitrogen and oxygen atoms in total. The summed E-state index contributed by atoms with van der Waals surface area (Å²) in [6, 6.07) is 7.63. The molecule has 0 atom stereocenters. The van der Waals surface area contributed by atoms with Gasteiger partial charge in [-0.05, 0) is 31.5 Å². The monoisotopic (exact) mass is 206 g/mol. The lowest BCUT2D eigenvalue weighted by Crippen LogP contribution is -2.29. The number of benzene rings is 1. The van der Waals surface area contributed by atoms with Gasteiger partial charge in [0.15, 0.2) is 0 Å². The molecule has 0 saturated heterocycles. The van der Waals surface area contributed by atoms with Gasteiger partial charge >= 0.3 is 0 Å². The van der Waals surface area contributed by atoms with E-state index in [-0.39, 0.29) is 5.91 Å². The lowest BCUT2D eigenvalue weighted by atomic mass is 10.1. The van der Waals surface area contributed by atoms with Crippen molar-refractivity contribution in [3.05, 3.63) is 35.4 Å². The van der Waals surface area contributed by atoms with Gasteiger partial charge in [-0.3, -0.25) is 4.79 Å². The van der Waals surface area contributed by atoms with Crippen LogP contribution in [0, 0.1) is 6.92 Å². The van der Waals surface area contributed by atoms with E-state index in [1.807, 2.05) is 38.2 Å². The molecule has 0 bridgehead atoms. The summed E-state index contributed by atoms with van der Waals surface area (Å²) >= 11 is 0. The molecule has 82 valence electrons. The maximum Gasteiger partial charge on any atom is 0.253 e. The summed E-state index contributed by atoms with van der Waals surface area (Å²) in [5.41, 5.74) is 7.20. The van der Waals surface area contributed by atoms with Gasteiger partial charge in [0, 0.05) is 19.2 Å². The predicted molar refractivity (Wildman–Crippen MR) is 61.8 cm³/mol. The third kappa shape index (κ3) is 3.06. The molecule has 3 heteroatoms. The topological polar surface area (TPSA) is 46.3 Å². The van der Waals surface area contributed by atoms with Gasteiger partial charge < -0.3 is 10.6 Å². The van der Waals surface area contributed by atoms with E-state index < -0.39 is 0 Å². The highest BCUT2D eigenvalue weighted by Gasteiger charge is 2.12. The Bertz CT molecular complexity index is 336. The predicted octanol–water partition coefficient (Wildman–Crippen LogP) is 1.42. The van der Waals surface area contributed by atoms with Crippen molar-refractivity contribution in [3.8, 4) is 0 Å². The first-order valence-electron chi connectivity index (χ1n) is 5.18. The average Bonchev–Trinajstić information content (AvgIpc) is 2.25. The Balaban J connectivity index is 2.72. The van der Waals surface area contributed by atoms with Crippen LogP contribution in [0.4, 0.5) is 0 Å². The molecule has 0 radical (unpaired) electrons. The van der Waals surface area contributed by atoms with Crippen LogP contribution in [-0.4, -0.2) is 30.9 Å². The molecule has 0 aliphatic rings. The molecular formula is C12H18N2O. The summed E-state index contributed by atoms with van der Waals surface area (Å²) in [5, 5.41) is 0. The first kappa shape index (κ1) is 11.7. The third-order valence-electron chi connectivity index (χ3n) is 2.42. The number of hydrogen-bond donors (Lipinski definition) is 1. The van der Waals surface area contributed by atoms with Crippen molar-refractivity contribution >= 4 is 5.91 Å². The van der Waals surface area contributed by atoms with Crippen LogP contribution in [0.15, 0.2) is 24.3 Å². The van der Waals surface area contributed by atoms with Gasteiger partial charge in [0.05, 0.1) is 0 Å². The van der Waals surface area contributed by atoms with Gasteiger partial charge in [-0.2, -0.15) is 0 Å². The Morgan fingerprint density at radius 1 is 1.40 bits per heavy atom. The molecular weight excluding hydrogens is 188 g/mol. The Morgan fingerprint density at radius 3 is 2.67 bits per heavy atom. The lowest BCUT2D eigenvalue weighted by molar-refractivity contribution is 0.0793. The number of hydrogen-bond acceptors (Lipinski definition) is 2. The molecule has 0 saturated carbocycles. The summed E-state index contributed by atoms with van der Waals surface area (Å²) in [6.45, 7) is 3.28. The standard InChI is InChI=1S/C12H18N2O/c1-10-6-3-4-7-11(10)12(15)14(2)9-5-8-13/h3-4,6-7H,5,8-9,13H2,1-2H3. The number of nitrogens with two attached hydrogens (primary N) is 1. The maximum absolute atomic E-state index is 12.0. The normalized spacial score (nSPS) is 10.1. The minimum absolute atomic E-state index is 0.0709. The van der Waals surface area contributed by atoms with Crippen molar-refractivity contribution in [1.82, 2.24) is 4.90 Å². The van der Waals surface area contributed by atoms with Crippen molar-refractivity contribution in [1.29, 1.82) is 0 Å². The van der Waals surface area contributed by atoms with E-state index in [1.54, 1.807) is 4.90 Å². The summed E-state index contributed by atoms with van der Waals surface area (Å²) < 4.78 is 0. The second-order valence-electron chi connectivity index (χ2n) is 3.68. The van der Waals surface area contributed by atoms with E-state index >= 15 is 0 Å². The second kappa shape index (κ2) is 5.51. The molecule has 0 aliphatic carbocycles. The summed E-state index contributed by atoms with van der Waals surface area (Å²) in [5.74, 6) is 0.0709. The minimum atomic E-state index is 0.0709. The van der Waals surface area contributed by atoms with Crippen LogP contribution >= 0.6 is 0 Å². The van der Waals surface area contributed by atoms with E-state index in [0.717, 1.165) is 17.5 Å². The second-order valence-corrected chi connectivity index (χ2v) is 3.68. The molecule has 0 fully saturated rings. The molecule has 1 amide bonds. The zero-order valence-electron chi connectivity index (χ0n) is 9.36. The Hall–Kier alpha value is -1.35. The average molecular weight is 206 g/mol. The van der Waals surface area contributed by atoms with E-state index in [9.17, 15) is 4.79 Å². The molecule has 1 aromatic carbocycles. The largest absolute Gasteiger partial charge is 0.342 e. The van der Waals surface area contributed by atoms with Gasteiger partial charge in [0.2, 0.25) is 0 Å². The number of rotatable bonds is 4. The van der Waals surface area contributed by atoms with E-state index in [2.05, 4.69) is 0 Å². The van der Waals surface area contributed by atoms with Gasteiger partial charge in [-0.25, -0.2) is 0 Å². The van der Waals surface area contributed by atoms with Crippen LogP contribution in [-0.2, 0) is 0 Å². The Kier molecular flexibility index (Phi) is 4.31. The Labute approximate surface area is 90.9 Å². The molecule has 1 aromatic rings. The highest BCUT2D eigenvalue weighted by Crippen LogP contribution is 2.09. The van der Waals surface area contributed by atoms with Crippen molar-refractivity contribution in [2.75, 3.05) is 20.1 Å². The van der Waals surface area contributed by atoms with Gasteiger partial charge in [0.1, 0.15) is 0 Å². The molecule has 15 heavy (non-hydrogen) atoms. The summed E-state index contributed by atoms with van der Waals surface area (Å²) in [6.07, 6.45) is 0.841. The van der Waals surface area contributed by atoms with E-state index in [0.29, 0.717) is 13.1 Å². The van der Waals surface area contributed by atoms with Crippen LogP contribution in [0.25, 0.3) is 0 Å². The zero-order valence-corrected chi connectivity index (χ0v) is 9.36. The number of amides is 1. The van der Waals surface area contributed by atoms with Crippen molar-refractivity contribution in [3.63, 3.8) is 0 Å². The zero-order chi connectivity index (χ0) is 11.3. The summed E-state index contributed by atoms with van der Waals surface area (Å²) in [7, 11) is 1.81. The van der Waals surface area contributed by atoms with Crippen molar-refractivity contribution < 1.29 is 4.79 Å².